The number of benzene rings is 3. The maximum absolute atomic E-state index is 14.1. The van der Waals surface area contributed by atoms with Crippen molar-refractivity contribution in [3.8, 4) is 11.5 Å². The topological polar surface area (TPSA) is 109 Å². The summed E-state index contributed by atoms with van der Waals surface area (Å²) in [4.78, 5) is 34.3. The van der Waals surface area contributed by atoms with Crippen LogP contribution in [0.4, 0.5) is 9.59 Å². The summed E-state index contributed by atoms with van der Waals surface area (Å²) in [5.74, 6) is 1.62. The molecule has 0 radical (unpaired) electrons. The minimum atomic E-state index is -0.530. The van der Waals surface area contributed by atoms with Crippen LogP contribution in [0, 0.1) is 0 Å². The van der Waals surface area contributed by atoms with Crippen LogP contribution in [0.5, 0.6) is 11.5 Å². The second kappa shape index (κ2) is 15.0. The molecule has 11 heteroatoms. The van der Waals surface area contributed by atoms with E-state index in [-0.39, 0.29) is 19.1 Å². The molecule has 228 valence electrons. The fraction of sp³-hybridized carbons (Fsp3) is 0.344. The van der Waals surface area contributed by atoms with Crippen molar-refractivity contribution in [3.63, 3.8) is 0 Å². The number of carbonyl (C=O) groups is 2. The van der Waals surface area contributed by atoms with Gasteiger partial charge in [0, 0.05) is 35.7 Å². The summed E-state index contributed by atoms with van der Waals surface area (Å²) in [5.41, 5.74) is 7.90. The SMILES string of the molecule is CCCN(CCNC(=O)N1C(c2ccc(OCC)cc2OCC)=N[C@H](c2ccc(Cl)cc2)[C@@H]1c1ccc(Cl)cc1)C(N)=O. The van der Waals surface area contributed by atoms with Gasteiger partial charge in [-0.2, -0.15) is 0 Å². The van der Waals surface area contributed by atoms with Crippen molar-refractivity contribution in [2.45, 2.75) is 39.3 Å². The number of halogens is 2. The van der Waals surface area contributed by atoms with E-state index >= 15 is 0 Å². The van der Waals surface area contributed by atoms with Gasteiger partial charge in [-0.25, -0.2) is 9.59 Å². The van der Waals surface area contributed by atoms with Gasteiger partial charge in [0.15, 0.2) is 0 Å². The molecule has 4 amide bonds. The molecule has 43 heavy (non-hydrogen) atoms. The highest BCUT2D eigenvalue weighted by Crippen LogP contribution is 2.45. The van der Waals surface area contributed by atoms with Crippen molar-refractivity contribution in [2.75, 3.05) is 32.8 Å². The quantitative estimate of drug-likeness (QED) is 0.230. The Bertz CT molecular complexity index is 1430. The number of nitrogens with one attached hydrogen (secondary N) is 1. The first-order valence-corrected chi connectivity index (χ1v) is 15.1. The summed E-state index contributed by atoms with van der Waals surface area (Å²) in [7, 11) is 0. The van der Waals surface area contributed by atoms with Gasteiger partial charge in [0.1, 0.15) is 23.4 Å². The summed E-state index contributed by atoms with van der Waals surface area (Å²) < 4.78 is 11.8. The standard InChI is InChI=1S/C32H37Cl2N5O4/c1-4-18-38(31(35)40)19-17-36-32(41)39-29(22-9-13-24(34)14-10-22)28(21-7-11-23(33)12-8-21)37-30(39)26-16-15-25(42-5-2)20-27(26)43-6-3/h7-16,20,28-29H,4-6,17-19H2,1-3H3,(H2,35,40)(H,36,41)/t28-,29+/m1/s1. The van der Waals surface area contributed by atoms with Crippen molar-refractivity contribution in [1.29, 1.82) is 0 Å². The lowest BCUT2D eigenvalue weighted by Crippen LogP contribution is -2.47. The molecule has 1 aliphatic rings. The van der Waals surface area contributed by atoms with Crippen LogP contribution in [-0.4, -0.2) is 60.5 Å². The highest BCUT2D eigenvalue weighted by molar-refractivity contribution is 6.30. The molecule has 0 saturated carbocycles. The van der Waals surface area contributed by atoms with E-state index in [1.54, 1.807) is 17.0 Å². The maximum atomic E-state index is 14.1. The number of amides is 4. The largest absolute Gasteiger partial charge is 0.494 e. The zero-order chi connectivity index (χ0) is 30.9. The molecule has 0 bridgehead atoms. The molecule has 3 aromatic carbocycles. The molecule has 0 aromatic heterocycles. The van der Waals surface area contributed by atoms with Crippen molar-refractivity contribution < 1.29 is 19.1 Å². The second-order valence-corrected chi connectivity index (χ2v) is 10.8. The smallest absolute Gasteiger partial charge is 0.323 e. The summed E-state index contributed by atoms with van der Waals surface area (Å²) >= 11 is 12.5. The van der Waals surface area contributed by atoms with E-state index in [2.05, 4.69) is 5.32 Å². The van der Waals surface area contributed by atoms with Gasteiger partial charge in [0.2, 0.25) is 0 Å². The summed E-state index contributed by atoms with van der Waals surface area (Å²) in [6, 6.07) is 18.4. The Balaban J connectivity index is 1.81. The Morgan fingerprint density at radius 1 is 0.907 bits per heavy atom. The molecule has 1 aliphatic heterocycles. The van der Waals surface area contributed by atoms with Gasteiger partial charge in [-0.05, 0) is 67.8 Å². The van der Waals surface area contributed by atoms with Crippen LogP contribution in [0.15, 0.2) is 71.7 Å². The zero-order valence-corrected chi connectivity index (χ0v) is 26.1. The van der Waals surface area contributed by atoms with Crippen LogP contribution in [0.2, 0.25) is 10.0 Å². The van der Waals surface area contributed by atoms with Gasteiger partial charge in [0.05, 0.1) is 24.8 Å². The Kier molecular flexibility index (Phi) is 11.1. The summed E-state index contributed by atoms with van der Waals surface area (Å²) in [6.45, 7) is 7.64. The van der Waals surface area contributed by atoms with Crippen molar-refractivity contribution in [1.82, 2.24) is 15.1 Å². The van der Waals surface area contributed by atoms with Crippen LogP contribution in [0.1, 0.15) is 56.0 Å². The van der Waals surface area contributed by atoms with Crippen LogP contribution in [0.25, 0.3) is 0 Å². The number of ether oxygens (including phenoxy) is 2. The molecule has 0 spiro atoms. The first kappa shape index (κ1) is 32.0. The van der Waals surface area contributed by atoms with Crippen LogP contribution in [-0.2, 0) is 0 Å². The third-order valence-electron chi connectivity index (χ3n) is 6.98. The number of amidine groups is 1. The Morgan fingerprint density at radius 2 is 1.53 bits per heavy atom. The molecular weight excluding hydrogens is 589 g/mol. The molecule has 2 atom stereocenters. The van der Waals surface area contributed by atoms with E-state index in [9.17, 15) is 9.59 Å². The first-order valence-electron chi connectivity index (χ1n) is 14.4. The van der Waals surface area contributed by atoms with E-state index in [0.29, 0.717) is 52.7 Å². The highest BCUT2D eigenvalue weighted by Gasteiger charge is 2.43. The highest BCUT2D eigenvalue weighted by atomic mass is 35.5. The summed E-state index contributed by atoms with van der Waals surface area (Å²) in [5, 5.41) is 4.16. The number of hydrogen-bond acceptors (Lipinski definition) is 5. The molecule has 0 saturated heterocycles. The monoisotopic (exact) mass is 625 g/mol. The molecule has 9 nitrogen and oxygen atoms in total. The van der Waals surface area contributed by atoms with E-state index < -0.39 is 18.1 Å². The fourth-order valence-electron chi connectivity index (χ4n) is 5.07. The van der Waals surface area contributed by atoms with Gasteiger partial charge in [-0.3, -0.25) is 9.89 Å². The van der Waals surface area contributed by atoms with Gasteiger partial charge >= 0.3 is 12.1 Å². The van der Waals surface area contributed by atoms with Crippen LogP contribution >= 0.6 is 23.2 Å². The number of rotatable bonds is 12. The Hall–Kier alpha value is -3.95. The first-order chi connectivity index (χ1) is 20.8. The third-order valence-corrected chi connectivity index (χ3v) is 7.48. The maximum Gasteiger partial charge on any atom is 0.323 e. The summed E-state index contributed by atoms with van der Waals surface area (Å²) in [6.07, 6.45) is 0.749. The predicted octanol–water partition coefficient (Wildman–Crippen LogP) is 6.84. The van der Waals surface area contributed by atoms with E-state index in [1.807, 2.05) is 75.4 Å². The number of urea groups is 2. The van der Waals surface area contributed by atoms with Gasteiger partial charge in [0.25, 0.3) is 0 Å². The second-order valence-electron chi connectivity index (χ2n) is 9.90. The minimum absolute atomic E-state index is 0.200. The van der Waals surface area contributed by atoms with E-state index in [4.69, 9.17) is 43.4 Å². The number of aliphatic imine (C=N–C) groups is 1. The minimum Gasteiger partial charge on any atom is -0.494 e. The molecule has 3 N–H and O–H groups in total. The molecular formula is C32H37Cl2N5O4. The Labute approximate surface area is 262 Å². The molecule has 3 aromatic rings. The average molecular weight is 627 g/mol. The average Bonchev–Trinajstić information content (AvgIpc) is 3.38. The van der Waals surface area contributed by atoms with E-state index in [0.717, 1.165) is 17.5 Å². The van der Waals surface area contributed by atoms with Gasteiger partial charge < -0.3 is 25.4 Å². The lowest BCUT2D eigenvalue weighted by molar-refractivity contribution is 0.198. The number of nitrogens with zero attached hydrogens (tertiary/aromatic N) is 3. The third kappa shape index (κ3) is 7.72. The number of nitrogens with two attached hydrogens (primary N) is 1. The fourth-order valence-corrected chi connectivity index (χ4v) is 5.32. The van der Waals surface area contributed by atoms with Crippen LogP contribution in [0.3, 0.4) is 0 Å². The van der Waals surface area contributed by atoms with E-state index in [1.165, 1.54) is 4.90 Å². The number of carbonyl (C=O) groups excluding carboxylic acids is 2. The van der Waals surface area contributed by atoms with Crippen LogP contribution < -0.4 is 20.5 Å². The molecule has 0 aliphatic carbocycles. The Morgan fingerprint density at radius 3 is 2.12 bits per heavy atom. The van der Waals surface area contributed by atoms with Crippen molar-refractivity contribution in [3.05, 3.63) is 93.5 Å². The van der Waals surface area contributed by atoms with Gasteiger partial charge in [-0.1, -0.05) is 54.4 Å². The lowest BCUT2D eigenvalue weighted by atomic mass is 9.94. The van der Waals surface area contributed by atoms with Crippen molar-refractivity contribution in [2.24, 2.45) is 10.7 Å². The molecule has 0 unspecified atom stereocenters. The number of hydrogen-bond donors (Lipinski definition) is 2. The molecule has 0 fully saturated rings. The predicted molar refractivity (Wildman–Crippen MR) is 170 cm³/mol. The molecule has 4 rings (SSSR count). The zero-order valence-electron chi connectivity index (χ0n) is 24.6. The van der Waals surface area contributed by atoms with Gasteiger partial charge in [-0.15, -0.1) is 0 Å². The number of primary amides is 1. The normalized spacial score (nSPS) is 16.0. The molecule has 1 heterocycles. The van der Waals surface area contributed by atoms with Crippen molar-refractivity contribution >= 4 is 41.1 Å². The lowest BCUT2D eigenvalue weighted by Gasteiger charge is -2.30.